The minimum atomic E-state index is -0.511. The summed E-state index contributed by atoms with van der Waals surface area (Å²) in [4.78, 5) is 27.4. The Balaban J connectivity index is 2.11. The van der Waals surface area contributed by atoms with Crippen LogP contribution in [-0.2, 0) is 16.0 Å². The first kappa shape index (κ1) is 23.9. The Labute approximate surface area is 187 Å². The van der Waals surface area contributed by atoms with Gasteiger partial charge in [-0.2, -0.15) is 0 Å². The third kappa shape index (κ3) is 7.17. The Kier molecular flexibility index (Phi) is 9.87. The van der Waals surface area contributed by atoms with E-state index in [1.54, 1.807) is 4.90 Å². The number of benzene rings is 2. The average molecular weight is 475 g/mol. The molecule has 0 spiro atoms. The standard InChI is InChI=1S/C24H31BrN2O3/c1-4-14-26-24(29)22(5-2)27(15-13-19-9-7-6-8-10-19)23(28)17-30-20-11-12-21(25)18(3)16-20/h6-12,16,22H,4-5,13-15,17H2,1-3H3,(H,26,29)/t22-/m1/s1. The fourth-order valence-corrected chi connectivity index (χ4v) is 3.44. The van der Waals surface area contributed by atoms with Gasteiger partial charge < -0.3 is 15.0 Å². The van der Waals surface area contributed by atoms with E-state index in [2.05, 4.69) is 21.2 Å². The Morgan fingerprint density at radius 2 is 1.87 bits per heavy atom. The van der Waals surface area contributed by atoms with E-state index in [0.717, 1.165) is 22.0 Å². The van der Waals surface area contributed by atoms with Crippen LogP contribution in [0.1, 0.15) is 37.8 Å². The van der Waals surface area contributed by atoms with Gasteiger partial charge in [0.25, 0.3) is 5.91 Å². The number of carbonyl (C=O) groups is 2. The lowest BCUT2D eigenvalue weighted by Crippen LogP contribution is -2.51. The number of amides is 2. The largest absolute Gasteiger partial charge is 0.484 e. The summed E-state index contributed by atoms with van der Waals surface area (Å²) < 4.78 is 6.74. The normalized spacial score (nSPS) is 11.6. The second-order valence-corrected chi connectivity index (χ2v) is 8.09. The number of nitrogens with one attached hydrogen (secondary N) is 1. The minimum absolute atomic E-state index is 0.104. The van der Waals surface area contributed by atoms with E-state index in [1.807, 2.05) is 69.3 Å². The van der Waals surface area contributed by atoms with E-state index < -0.39 is 6.04 Å². The van der Waals surface area contributed by atoms with Crippen molar-refractivity contribution in [2.45, 2.75) is 46.1 Å². The van der Waals surface area contributed by atoms with Gasteiger partial charge >= 0.3 is 0 Å². The molecule has 6 heteroatoms. The van der Waals surface area contributed by atoms with Crippen LogP contribution in [0.25, 0.3) is 0 Å². The number of hydrogen-bond acceptors (Lipinski definition) is 3. The summed E-state index contributed by atoms with van der Waals surface area (Å²) in [5.41, 5.74) is 2.16. The quantitative estimate of drug-likeness (QED) is 0.520. The van der Waals surface area contributed by atoms with Gasteiger partial charge in [-0.1, -0.05) is 60.1 Å². The lowest BCUT2D eigenvalue weighted by Gasteiger charge is -2.30. The number of ether oxygens (including phenoxy) is 1. The molecule has 0 saturated heterocycles. The summed E-state index contributed by atoms with van der Waals surface area (Å²) in [5.74, 6) is 0.334. The van der Waals surface area contributed by atoms with Gasteiger partial charge in [0.05, 0.1) is 0 Å². The number of hydrogen-bond donors (Lipinski definition) is 1. The molecule has 2 amide bonds. The predicted molar refractivity (Wildman–Crippen MR) is 124 cm³/mol. The Morgan fingerprint density at radius 1 is 1.13 bits per heavy atom. The summed E-state index contributed by atoms with van der Waals surface area (Å²) >= 11 is 3.47. The molecule has 2 aromatic rings. The van der Waals surface area contributed by atoms with Gasteiger partial charge in [-0.3, -0.25) is 9.59 Å². The van der Waals surface area contributed by atoms with Crippen LogP contribution in [0.2, 0.25) is 0 Å². The molecule has 0 aliphatic carbocycles. The molecule has 2 rings (SSSR count). The molecule has 2 aromatic carbocycles. The van der Waals surface area contributed by atoms with E-state index >= 15 is 0 Å². The second kappa shape index (κ2) is 12.4. The molecule has 0 aliphatic rings. The molecule has 0 unspecified atom stereocenters. The summed E-state index contributed by atoms with van der Waals surface area (Å²) in [5, 5.41) is 2.93. The molecule has 1 atom stereocenters. The second-order valence-electron chi connectivity index (χ2n) is 7.24. The Bertz CT molecular complexity index is 826. The van der Waals surface area contributed by atoms with Gasteiger partial charge in [-0.15, -0.1) is 0 Å². The van der Waals surface area contributed by atoms with Crippen molar-refractivity contribution < 1.29 is 14.3 Å². The van der Waals surface area contributed by atoms with Gasteiger partial charge in [0, 0.05) is 17.6 Å². The first-order valence-electron chi connectivity index (χ1n) is 10.5. The smallest absolute Gasteiger partial charge is 0.261 e. The van der Waals surface area contributed by atoms with E-state index in [-0.39, 0.29) is 18.4 Å². The van der Waals surface area contributed by atoms with Crippen LogP contribution in [0.4, 0.5) is 0 Å². The average Bonchev–Trinajstić information content (AvgIpc) is 2.76. The van der Waals surface area contributed by atoms with E-state index in [1.165, 1.54) is 0 Å². The van der Waals surface area contributed by atoms with Crippen molar-refractivity contribution in [1.29, 1.82) is 0 Å². The van der Waals surface area contributed by atoms with Crippen LogP contribution in [0.5, 0.6) is 5.75 Å². The lowest BCUT2D eigenvalue weighted by atomic mass is 10.1. The molecule has 30 heavy (non-hydrogen) atoms. The molecular weight excluding hydrogens is 444 g/mol. The van der Waals surface area contributed by atoms with Crippen LogP contribution in [0, 0.1) is 6.92 Å². The van der Waals surface area contributed by atoms with Gasteiger partial charge in [0.2, 0.25) is 5.91 Å². The third-order valence-corrected chi connectivity index (χ3v) is 5.80. The Morgan fingerprint density at radius 3 is 2.50 bits per heavy atom. The number of nitrogens with zero attached hydrogens (tertiary/aromatic N) is 1. The maximum absolute atomic E-state index is 13.1. The van der Waals surface area contributed by atoms with Crippen molar-refractivity contribution in [2.24, 2.45) is 0 Å². The van der Waals surface area contributed by atoms with Crippen molar-refractivity contribution in [1.82, 2.24) is 10.2 Å². The van der Waals surface area contributed by atoms with Crippen molar-refractivity contribution >= 4 is 27.7 Å². The van der Waals surface area contributed by atoms with E-state index in [4.69, 9.17) is 4.74 Å². The first-order valence-corrected chi connectivity index (χ1v) is 11.3. The summed E-state index contributed by atoms with van der Waals surface area (Å²) in [6.45, 7) is 6.86. The zero-order valence-corrected chi connectivity index (χ0v) is 19.6. The number of rotatable bonds is 11. The third-order valence-electron chi connectivity index (χ3n) is 4.91. The topological polar surface area (TPSA) is 58.6 Å². The van der Waals surface area contributed by atoms with Crippen molar-refractivity contribution in [3.05, 3.63) is 64.1 Å². The van der Waals surface area contributed by atoms with Crippen LogP contribution in [-0.4, -0.2) is 42.5 Å². The molecule has 0 saturated carbocycles. The highest BCUT2D eigenvalue weighted by molar-refractivity contribution is 9.10. The zero-order valence-electron chi connectivity index (χ0n) is 18.0. The van der Waals surface area contributed by atoms with Crippen LogP contribution < -0.4 is 10.1 Å². The summed E-state index contributed by atoms with van der Waals surface area (Å²) in [7, 11) is 0. The Hall–Kier alpha value is -2.34. The maximum Gasteiger partial charge on any atom is 0.261 e. The van der Waals surface area contributed by atoms with E-state index in [0.29, 0.717) is 31.7 Å². The SMILES string of the molecule is CCCNC(=O)[C@@H](CC)N(CCc1ccccc1)C(=O)COc1ccc(Br)c(C)c1. The molecule has 0 aliphatic heterocycles. The molecule has 0 bridgehead atoms. The zero-order chi connectivity index (χ0) is 21.9. The van der Waals surface area contributed by atoms with Crippen molar-refractivity contribution in [3.63, 3.8) is 0 Å². The number of halogens is 1. The maximum atomic E-state index is 13.1. The first-order chi connectivity index (χ1) is 14.5. The highest BCUT2D eigenvalue weighted by atomic mass is 79.9. The van der Waals surface area contributed by atoms with Crippen molar-refractivity contribution in [2.75, 3.05) is 19.7 Å². The fourth-order valence-electron chi connectivity index (χ4n) is 3.20. The fraction of sp³-hybridized carbons (Fsp3) is 0.417. The highest BCUT2D eigenvalue weighted by Gasteiger charge is 2.28. The highest BCUT2D eigenvalue weighted by Crippen LogP contribution is 2.21. The molecule has 1 N–H and O–H groups in total. The molecule has 162 valence electrons. The van der Waals surface area contributed by atoms with Crippen LogP contribution in [0.3, 0.4) is 0 Å². The van der Waals surface area contributed by atoms with Gasteiger partial charge in [-0.05, 0) is 55.5 Å². The summed E-state index contributed by atoms with van der Waals surface area (Å²) in [6.07, 6.45) is 2.08. The van der Waals surface area contributed by atoms with Gasteiger partial charge in [0.1, 0.15) is 11.8 Å². The van der Waals surface area contributed by atoms with Gasteiger partial charge in [0.15, 0.2) is 6.61 Å². The summed E-state index contributed by atoms with van der Waals surface area (Å²) in [6, 6.07) is 15.1. The molecular formula is C24H31BrN2O3. The number of aryl methyl sites for hydroxylation is 1. The van der Waals surface area contributed by atoms with Crippen molar-refractivity contribution in [3.8, 4) is 5.75 Å². The van der Waals surface area contributed by atoms with Gasteiger partial charge in [-0.25, -0.2) is 0 Å². The van der Waals surface area contributed by atoms with Crippen LogP contribution in [0.15, 0.2) is 53.0 Å². The van der Waals surface area contributed by atoms with Crippen LogP contribution >= 0.6 is 15.9 Å². The molecule has 0 heterocycles. The monoisotopic (exact) mass is 474 g/mol. The lowest BCUT2D eigenvalue weighted by molar-refractivity contribution is -0.142. The predicted octanol–water partition coefficient (Wildman–Crippen LogP) is 4.51. The number of carbonyl (C=O) groups excluding carboxylic acids is 2. The molecule has 0 aromatic heterocycles. The molecule has 0 fully saturated rings. The van der Waals surface area contributed by atoms with E-state index in [9.17, 15) is 9.59 Å². The molecule has 0 radical (unpaired) electrons. The molecule has 5 nitrogen and oxygen atoms in total. The minimum Gasteiger partial charge on any atom is -0.484 e.